The molecule has 1 unspecified atom stereocenters. The van der Waals surface area contributed by atoms with Gasteiger partial charge in [-0.05, 0) is 23.8 Å². The van der Waals surface area contributed by atoms with Crippen LogP contribution in [0, 0.1) is 0 Å². The Balaban J connectivity index is 1.57. The molecule has 4 rings (SSSR count). The summed E-state index contributed by atoms with van der Waals surface area (Å²) < 4.78 is 32.6. The van der Waals surface area contributed by atoms with Gasteiger partial charge >= 0.3 is 0 Å². The first-order chi connectivity index (χ1) is 15.4. The van der Waals surface area contributed by atoms with Crippen molar-refractivity contribution in [3.63, 3.8) is 0 Å². The van der Waals surface area contributed by atoms with E-state index in [1.165, 1.54) is 16.4 Å². The normalized spacial score (nSPS) is 19.2. The Morgan fingerprint density at radius 2 is 1.78 bits per heavy atom. The largest absolute Gasteiger partial charge is 0.379 e. The summed E-state index contributed by atoms with van der Waals surface area (Å²) in [6, 6.07) is 14.8. The van der Waals surface area contributed by atoms with Crippen molar-refractivity contribution in [3.05, 3.63) is 60.2 Å². The van der Waals surface area contributed by atoms with Gasteiger partial charge in [-0.2, -0.15) is 4.31 Å². The van der Waals surface area contributed by atoms with E-state index in [0.717, 1.165) is 5.56 Å². The summed E-state index contributed by atoms with van der Waals surface area (Å²) in [4.78, 5) is 27.2. The molecule has 170 valence electrons. The molecule has 2 aliphatic rings. The van der Waals surface area contributed by atoms with Gasteiger partial charge in [0.2, 0.25) is 21.8 Å². The molecule has 2 fully saturated rings. The number of anilines is 1. The van der Waals surface area contributed by atoms with Crippen molar-refractivity contribution in [1.82, 2.24) is 14.5 Å². The first-order valence-electron chi connectivity index (χ1n) is 10.5. The molecule has 0 spiro atoms. The van der Waals surface area contributed by atoms with Crippen LogP contribution in [0.2, 0.25) is 0 Å². The fourth-order valence-corrected chi connectivity index (χ4v) is 5.38. The maximum Gasteiger partial charge on any atom is 0.246 e. The highest BCUT2D eigenvalue weighted by Gasteiger charge is 2.32. The molecule has 0 radical (unpaired) electrons. The fraction of sp³-hybridized carbons (Fsp3) is 0.364. The number of sulfonamides is 1. The Morgan fingerprint density at radius 1 is 1.03 bits per heavy atom. The predicted octanol–water partition coefficient (Wildman–Crippen LogP) is 0.819. The minimum Gasteiger partial charge on any atom is -0.379 e. The van der Waals surface area contributed by atoms with Gasteiger partial charge in [0.25, 0.3) is 0 Å². The highest BCUT2D eigenvalue weighted by molar-refractivity contribution is 7.89. The molecule has 2 aromatic rings. The maximum absolute atomic E-state index is 13.3. The van der Waals surface area contributed by atoms with Crippen LogP contribution < -0.4 is 10.6 Å². The number of ether oxygens (including phenoxy) is 1. The fourth-order valence-electron chi connectivity index (χ4n) is 3.92. The van der Waals surface area contributed by atoms with E-state index < -0.39 is 16.1 Å². The number of nitrogens with one attached hydrogen (secondary N) is 2. The Bertz CT molecular complexity index is 1070. The van der Waals surface area contributed by atoms with E-state index in [4.69, 9.17) is 4.74 Å². The lowest BCUT2D eigenvalue weighted by Crippen LogP contribution is -2.51. The SMILES string of the molecule is O=C1CN(C(C(=O)Nc2cccc(S(=O)(=O)N3CCOCC3)c2)c2ccccc2)CCN1. The van der Waals surface area contributed by atoms with Gasteiger partial charge in [0.1, 0.15) is 6.04 Å². The van der Waals surface area contributed by atoms with Crippen LogP contribution in [-0.4, -0.2) is 75.4 Å². The number of piperazine rings is 1. The smallest absolute Gasteiger partial charge is 0.246 e. The molecular weight excluding hydrogens is 432 g/mol. The first-order valence-corrected chi connectivity index (χ1v) is 11.9. The maximum atomic E-state index is 13.3. The molecule has 0 aliphatic carbocycles. The number of benzene rings is 2. The number of morpholine rings is 1. The topological polar surface area (TPSA) is 108 Å². The second-order valence-electron chi connectivity index (χ2n) is 7.67. The van der Waals surface area contributed by atoms with Gasteiger partial charge in [-0.3, -0.25) is 14.5 Å². The molecule has 10 heteroatoms. The molecule has 0 bridgehead atoms. The van der Waals surface area contributed by atoms with E-state index >= 15 is 0 Å². The summed E-state index contributed by atoms with van der Waals surface area (Å²) in [5, 5.41) is 5.62. The summed E-state index contributed by atoms with van der Waals surface area (Å²) in [5.41, 5.74) is 1.14. The molecule has 2 amide bonds. The molecule has 1 atom stereocenters. The van der Waals surface area contributed by atoms with E-state index in [9.17, 15) is 18.0 Å². The van der Waals surface area contributed by atoms with Crippen molar-refractivity contribution in [2.75, 3.05) is 51.3 Å². The summed E-state index contributed by atoms with van der Waals surface area (Å²) >= 11 is 0. The van der Waals surface area contributed by atoms with Gasteiger partial charge in [-0.1, -0.05) is 36.4 Å². The Labute approximate surface area is 187 Å². The number of carbonyl (C=O) groups is 2. The van der Waals surface area contributed by atoms with Crippen LogP contribution in [0.25, 0.3) is 0 Å². The van der Waals surface area contributed by atoms with Crippen LogP contribution >= 0.6 is 0 Å². The van der Waals surface area contributed by atoms with Crippen LogP contribution in [0.5, 0.6) is 0 Å². The zero-order valence-corrected chi connectivity index (χ0v) is 18.4. The van der Waals surface area contributed by atoms with Gasteiger partial charge in [0.05, 0.1) is 24.7 Å². The summed E-state index contributed by atoms with van der Waals surface area (Å²) in [5.74, 6) is -0.463. The van der Waals surface area contributed by atoms with Crippen molar-refractivity contribution < 1.29 is 22.7 Å². The van der Waals surface area contributed by atoms with E-state index in [-0.39, 0.29) is 23.3 Å². The lowest BCUT2D eigenvalue weighted by molar-refractivity contribution is -0.128. The highest BCUT2D eigenvalue weighted by Crippen LogP contribution is 2.25. The van der Waals surface area contributed by atoms with Gasteiger partial charge in [0, 0.05) is 31.9 Å². The number of hydrogen-bond donors (Lipinski definition) is 2. The quantitative estimate of drug-likeness (QED) is 0.664. The molecule has 0 saturated carbocycles. The minimum atomic E-state index is -3.68. The van der Waals surface area contributed by atoms with E-state index in [2.05, 4.69) is 10.6 Å². The Hall–Kier alpha value is -2.79. The lowest BCUT2D eigenvalue weighted by Gasteiger charge is -2.33. The van der Waals surface area contributed by atoms with Crippen LogP contribution in [0.15, 0.2) is 59.5 Å². The van der Waals surface area contributed by atoms with Crippen LogP contribution in [0.1, 0.15) is 11.6 Å². The van der Waals surface area contributed by atoms with Crippen LogP contribution in [0.4, 0.5) is 5.69 Å². The molecule has 2 aromatic carbocycles. The lowest BCUT2D eigenvalue weighted by atomic mass is 10.0. The molecule has 0 aromatic heterocycles. The Morgan fingerprint density at radius 3 is 2.50 bits per heavy atom. The predicted molar refractivity (Wildman–Crippen MR) is 118 cm³/mol. The third-order valence-corrected chi connectivity index (χ3v) is 7.40. The second-order valence-corrected chi connectivity index (χ2v) is 9.61. The van der Waals surface area contributed by atoms with Gasteiger partial charge in [0.15, 0.2) is 0 Å². The molecule has 9 nitrogen and oxygen atoms in total. The van der Waals surface area contributed by atoms with Gasteiger partial charge < -0.3 is 15.4 Å². The number of carbonyl (C=O) groups excluding carboxylic acids is 2. The number of rotatable bonds is 6. The highest BCUT2D eigenvalue weighted by atomic mass is 32.2. The van der Waals surface area contributed by atoms with E-state index in [0.29, 0.717) is 45.1 Å². The van der Waals surface area contributed by atoms with Crippen molar-refractivity contribution in [2.45, 2.75) is 10.9 Å². The molecule has 2 heterocycles. The van der Waals surface area contributed by atoms with E-state index in [1.54, 1.807) is 12.1 Å². The first kappa shape index (κ1) is 22.4. The van der Waals surface area contributed by atoms with Gasteiger partial charge in [-0.25, -0.2) is 8.42 Å². The minimum absolute atomic E-state index is 0.110. The molecule has 2 N–H and O–H groups in total. The average molecular weight is 459 g/mol. The van der Waals surface area contributed by atoms with Crippen LogP contribution in [0.3, 0.4) is 0 Å². The summed E-state index contributed by atoms with van der Waals surface area (Å²) in [6.45, 7) is 2.42. The standard InChI is InChI=1S/C22H26N4O5S/c27-20-16-25(10-9-23-20)21(17-5-2-1-3-6-17)22(28)24-18-7-4-8-19(15-18)32(29,30)26-11-13-31-14-12-26/h1-8,15,21H,9-14,16H2,(H,23,27)(H,24,28). The number of nitrogens with zero attached hydrogens (tertiary/aromatic N) is 2. The second kappa shape index (κ2) is 9.78. The molecule has 2 aliphatic heterocycles. The molecule has 32 heavy (non-hydrogen) atoms. The van der Waals surface area contributed by atoms with E-state index in [1.807, 2.05) is 35.2 Å². The molecule has 2 saturated heterocycles. The van der Waals surface area contributed by atoms with Crippen molar-refractivity contribution in [1.29, 1.82) is 0 Å². The number of amides is 2. The third kappa shape index (κ3) is 4.99. The monoisotopic (exact) mass is 458 g/mol. The van der Waals surface area contributed by atoms with Gasteiger partial charge in [-0.15, -0.1) is 0 Å². The third-order valence-electron chi connectivity index (χ3n) is 5.51. The average Bonchev–Trinajstić information content (AvgIpc) is 2.81. The number of hydrogen-bond acceptors (Lipinski definition) is 6. The van der Waals surface area contributed by atoms with Crippen molar-refractivity contribution in [3.8, 4) is 0 Å². The summed E-state index contributed by atoms with van der Waals surface area (Å²) in [6.07, 6.45) is 0. The Kier molecular flexibility index (Phi) is 6.85. The summed E-state index contributed by atoms with van der Waals surface area (Å²) in [7, 11) is -3.68. The van der Waals surface area contributed by atoms with Crippen molar-refractivity contribution in [2.24, 2.45) is 0 Å². The molecular formula is C22H26N4O5S. The van der Waals surface area contributed by atoms with Crippen LogP contribution in [-0.2, 0) is 24.3 Å². The van der Waals surface area contributed by atoms with Crippen molar-refractivity contribution >= 4 is 27.5 Å². The zero-order chi connectivity index (χ0) is 22.6. The zero-order valence-electron chi connectivity index (χ0n) is 17.6.